The fourth-order valence-corrected chi connectivity index (χ4v) is 4.73. The SMILES string of the molecule is CCCNC(=O)N1[C@H](CO)[C@H](c2ccccc2)C12CN(C(=O)c1cccnc1)C2. The summed E-state index contributed by atoms with van der Waals surface area (Å²) in [7, 11) is 0. The van der Waals surface area contributed by atoms with Crippen LogP contribution < -0.4 is 5.32 Å². The number of aromatic nitrogens is 1. The normalized spacial score (nSPS) is 22.0. The van der Waals surface area contributed by atoms with Crippen molar-refractivity contribution in [1.82, 2.24) is 20.1 Å². The Morgan fingerprint density at radius 1 is 1.21 bits per heavy atom. The van der Waals surface area contributed by atoms with Crippen LogP contribution in [0.3, 0.4) is 0 Å². The van der Waals surface area contributed by atoms with Crippen LogP contribution in [0.5, 0.6) is 0 Å². The maximum Gasteiger partial charge on any atom is 0.318 e. The van der Waals surface area contributed by atoms with Crippen LogP contribution in [0.25, 0.3) is 0 Å². The van der Waals surface area contributed by atoms with Crippen LogP contribution >= 0.6 is 0 Å². The van der Waals surface area contributed by atoms with Gasteiger partial charge in [-0.3, -0.25) is 9.78 Å². The van der Waals surface area contributed by atoms with Gasteiger partial charge in [-0.15, -0.1) is 0 Å². The van der Waals surface area contributed by atoms with Crippen LogP contribution in [0, 0.1) is 0 Å². The smallest absolute Gasteiger partial charge is 0.318 e. The topological polar surface area (TPSA) is 85.8 Å². The third-order valence-corrected chi connectivity index (χ3v) is 5.99. The van der Waals surface area contributed by atoms with Crippen molar-refractivity contribution in [3.05, 3.63) is 66.0 Å². The molecule has 0 radical (unpaired) electrons. The summed E-state index contributed by atoms with van der Waals surface area (Å²) in [6, 6.07) is 13.0. The van der Waals surface area contributed by atoms with Gasteiger partial charge in [0, 0.05) is 37.9 Å². The van der Waals surface area contributed by atoms with Crippen LogP contribution in [0.2, 0.25) is 0 Å². The number of urea groups is 1. The molecule has 2 aliphatic rings. The molecule has 7 heteroatoms. The zero-order valence-electron chi connectivity index (χ0n) is 16.5. The van der Waals surface area contributed by atoms with E-state index in [4.69, 9.17) is 0 Å². The summed E-state index contributed by atoms with van der Waals surface area (Å²) in [6.45, 7) is 3.35. The standard InChI is InChI=1S/C22H26N4O3/c1-2-10-24-21(29)26-18(13-27)19(16-7-4-3-5-8-16)22(26)14-25(15-22)20(28)17-9-6-11-23-12-17/h3-9,11-12,18-19,27H,2,10,13-15H2,1H3,(H,24,29)/t18-,19+/m1/s1. The molecule has 0 unspecified atom stereocenters. The second kappa shape index (κ2) is 7.83. The molecule has 0 aliphatic carbocycles. The highest BCUT2D eigenvalue weighted by atomic mass is 16.3. The Morgan fingerprint density at radius 3 is 2.59 bits per heavy atom. The molecular weight excluding hydrogens is 368 g/mol. The average Bonchev–Trinajstić information content (AvgIpc) is 2.72. The molecule has 2 N–H and O–H groups in total. The zero-order valence-corrected chi connectivity index (χ0v) is 16.5. The van der Waals surface area contributed by atoms with E-state index in [0.717, 1.165) is 12.0 Å². The van der Waals surface area contributed by atoms with Gasteiger partial charge in [0.05, 0.1) is 23.8 Å². The number of rotatable bonds is 5. The Morgan fingerprint density at radius 2 is 1.97 bits per heavy atom. The minimum atomic E-state index is -0.496. The lowest BCUT2D eigenvalue weighted by Crippen LogP contribution is -2.86. The van der Waals surface area contributed by atoms with Crippen LogP contribution in [0.4, 0.5) is 4.79 Å². The molecule has 1 aromatic carbocycles. The lowest BCUT2D eigenvalue weighted by Gasteiger charge is -2.70. The Hall–Kier alpha value is -2.93. The molecule has 3 amide bonds. The van der Waals surface area contributed by atoms with Gasteiger partial charge in [-0.2, -0.15) is 0 Å². The predicted octanol–water partition coefficient (Wildman–Crippen LogP) is 1.86. The molecule has 1 spiro atoms. The Bertz CT molecular complexity index is 868. The average molecular weight is 394 g/mol. The Labute approximate surface area is 170 Å². The van der Waals surface area contributed by atoms with Gasteiger partial charge in [-0.25, -0.2) is 4.79 Å². The summed E-state index contributed by atoms with van der Waals surface area (Å²) in [5.41, 5.74) is 1.13. The Kier molecular flexibility index (Phi) is 5.24. The van der Waals surface area contributed by atoms with E-state index in [0.29, 0.717) is 25.2 Å². The lowest BCUT2D eigenvalue weighted by atomic mass is 9.61. The second-order valence-corrected chi connectivity index (χ2v) is 7.75. The number of nitrogens with one attached hydrogen (secondary N) is 1. The monoisotopic (exact) mass is 394 g/mol. The molecule has 3 heterocycles. The fraction of sp³-hybridized carbons (Fsp3) is 0.409. The van der Waals surface area contributed by atoms with Gasteiger partial charge in [-0.1, -0.05) is 37.3 Å². The van der Waals surface area contributed by atoms with Gasteiger partial charge >= 0.3 is 6.03 Å². The van der Waals surface area contributed by atoms with Crippen molar-refractivity contribution < 1.29 is 14.7 Å². The van der Waals surface area contributed by atoms with Crippen molar-refractivity contribution in [3.63, 3.8) is 0 Å². The molecule has 2 saturated heterocycles. The second-order valence-electron chi connectivity index (χ2n) is 7.75. The van der Waals surface area contributed by atoms with Crippen LogP contribution in [0.15, 0.2) is 54.9 Å². The minimum Gasteiger partial charge on any atom is -0.394 e. The van der Waals surface area contributed by atoms with E-state index >= 15 is 0 Å². The number of carbonyl (C=O) groups excluding carboxylic acids is 2. The number of nitrogens with zero attached hydrogens (tertiary/aromatic N) is 3. The van der Waals surface area contributed by atoms with E-state index in [9.17, 15) is 14.7 Å². The van der Waals surface area contributed by atoms with Crippen LogP contribution in [-0.4, -0.2) is 69.7 Å². The maximum absolute atomic E-state index is 12.9. The molecule has 29 heavy (non-hydrogen) atoms. The van der Waals surface area contributed by atoms with Gasteiger partial charge in [0.2, 0.25) is 0 Å². The molecule has 0 bridgehead atoms. The van der Waals surface area contributed by atoms with Crippen LogP contribution in [0.1, 0.15) is 35.2 Å². The molecular formula is C22H26N4O3. The van der Waals surface area contributed by atoms with Gasteiger partial charge in [0.1, 0.15) is 0 Å². The van der Waals surface area contributed by atoms with E-state index in [1.54, 1.807) is 34.3 Å². The van der Waals surface area contributed by atoms with Gasteiger partial charge in [0.25, 0.3) is 5.91 Å². The third-order valence-electron chi connectivity index (χ3n) is 5.99. The fourth-order valence-electron chi connectivity index (χ4n) is 4.73. The first-order chi connectivity index (χ1) is 14.1. The van der Waals surface area contributed by atoms with Gasteiger partial charge in [-0.05, 0) is 24.1 Å². The van der Waals surface area contributed by atoms with Crippen molar-refractivity contribution in [3.8, 4) is 0 Å². The number of likely N-dealkylation sites (tertiary alicyclic amines) is 2. The number of carbonyl (C=O) groups is 2. The molecule has 2 aromatic rings. The Balaban J connectivity index is 1.60. The molecule has 1 aromatic heterocycles. The number of hydrogen-bond acceptors (Lipinski definition) is 4. The number of benzene rings is 1. The summed E-state index contributed by atoms with van der Waals surface area (Å²) < 4.78 is 0. The number of hydrogen-bond donors (Lipinski definition) is 2. The molecule has 0 saturated carbocycles. The molecule has 152 valence electrons. The van der Waals surface area contributed by atoms with Crippen LogP contribution in [-0.2, 0) is 0 Å². The molecule has 4 rings (SSSR count). The summed E-state index contributed by atoms with van der Waals surface area (Å²) in [6.07, 6.45) is 4.03. The molecule has 2 aliphatic heterocycles. The van der Waals surface area contributed by atoms with E-state index in [-0.39, 0.29) is 30.5 Å². The summed E-state index contributed by atoms with van der Waals surface area (Å²) >= 11 is 0. The van der Waals surface area contributed by atoms with E-state index in [1.807, 2.05) is 37.3 Å². The first kappa shape index (κ1) is 19.4. The summed E-state index contributed by atoms with van der Waals surface area (Å²) in [4.78, 5) is 33.2. The highest BCUT2D eigenvalue weighted by Gasteiger charge is 2.68. The van der Waals surface area contributed by atoms with E-state index in [2.05, 4.69) is 10.3 Å². The quantitative estimate of drug-likeness (QED) is 0.811. The van der Waals surface area contributed by atoms with Crippen molar-refractivity contribution in [2.75, 3.05) is 26.2 Å². The lowest BCUT2D eigenvalue weighted by molar-refractivity contribution is -0.148. The minimum absolute atomic E-state index is 0.0148. The largest absolute Gasteiger partial charge is 0.394 e. The molecule has 7 nitrogen and oxygen atoms in total. The number of aliphatic hydroxyl groups excluding tert-OH is 1. The molecule has 2 atom stereocenters. The highest BCUT2D eigenvalue weighted by Crippen LogP contribution is 2.53. The van der Waals surface area contributed by atoms with Crippen molar-refractivity contribution in [2.24, 2.45) is 0 Å². The number of aliphatic hydroxyl groups is 1. The van der Waals surface area contributed by atoms with E-state index in [1.165, 1.54) is 0 Å². The highest BCUT2D eigenvalue weighted by molar-refractivity contribution is 5.95. The van der Waals surface area contributed by atoms with Crippen molar-refractivity contribution in [1.29, 1.82) is 0 Å². The maximum atomic E-state index is 12.9. The first-order valence-corrected chi connectivity index (χ1v) is 10.0. The third kappa shape index (κ3) is 3.15. The summed E-state index contributed by atoms with van der Waals surface area (Å²) in [5.74, 6) is -0.101. The summed E-state index contributed by atoms with van der Waals surface area (Å²) in [5, 5.41) is 13.0. The van der Waals surface area contributed by atoms with E-state index < -0.39 is 5.54 Å². The predicted molar refractivity (Wildman–Crippen MR) is 108 cm³/mol. The first-order valence-electron chi connectivity index (χ1n) is 10.0. The molecule has 2 fully saturated rings. The van der Waals surface area contributed by atoms with Crippen molar-refractivity contribution in [2.45, 2.75) is 30.8 Å². The van der Waals surface area contributed by atoms with Crippen molar-refractivity contribution >= 4 is 11.9 Å². The number of amides is 3. The number of pyridine rings is 1. The zero-order chi connectivity index (χ0) is 20.4. The van der Waals surface area contributed by atoms with Gasteiger partial charge in [0.15, 0.2) is 0 Å². The van der Waals surface area contributed by atoms with Gasteiger partial charge < -0.3 is 20.2 Å².